The lowest BCUT2D eigenvalue weighted by atomic mass is 10.1. The molecule has 0 saturated carbocycles. The Kier molecular flexibility index (Phi) is 5.10. The first-order valence-corrected chi connectivity index (χ1v) is 10.7. The predicted molar refractivity (Wildman–Crippen MR) is 123 cm³/mol. The lowest BCUT2D eigenvalue weighted by Gasteiger charge is -2.29. The van der Waals surface area contributed by atoms with E-state index in [-0.39, 0.29) is 0 Å². The summed E-state index contributed by atoms with van der Waals surface area (Å²) in [5.74, 6) is 0.822. The zero-order valence-corrected chi connectivity index (χ0v) is 17.7. The molecule has 0 atom stereocenters. The van der Waals surface area contributed by atoms with E-state index in [4.69, 9.17) is 17.0 Å². The third-order valence-corrected chi connectivity index (χ3v) is 5.92. The van der Waals surface area contributed by atoms with Gasteiger partial charge in [-0.25, -0.2) is 9.97 Å². The van der Waals surface area contributed by atoms with Crippen molar-refractivity contribution in [2.45, 2.75) is 20.0 Å². The molecule has 1 aliphatic heterocycles. The van der Waals surface area contributed by atoms with Crippen LogP contribution in [-0.2, 0) is 17.8 Å². The molecule has 0 amide bonds. The maximum atomic E-state index is 5.47. The summed E-state index contributed by atoms with van der Waals surface area (Å²) in [5, 5.41) is 4.47. The summed E-state index contributed by atoms with van der Waals surface area (Å²) in [6, 6.07) is 12.8. The van der Waals surface area contributed by atoms with Crippen molar-refractivity contribution in [3.05, 3.63) is 53.1 Å². The van der Waals surface area contributed by atoms with Gasteiger partial charge in [0, 0.05) is 37.3 Å². The van der Waals surface area contributed by atoms with Crippen LogP contribution in [0.1, 0.15) is 12.5 Å². The van der Waals surface area contributed by atoms with Crippen molar-refractivity contribution >= 4 is 45.7 Å². The molecule has 1 aliphatic rings. The molecule has 154 valence electrons. The summed E-state index contributed by atoms with van der Waals surface area (Å²) in [6.45, 7) is 7.03. The summed E-state index contributed by atoms with van der Waals surface area (Å²) in [7, 11) is 0. The molecular weight excluding hydrogens is 396 g/mol. The molecule has 1 saturated heterocycles. The van der Waals surface area contributed by atoms with Gasteiger partial charge in [-0.3, -0.25) is 0 Å². The van der Waals surface area contributed by atoms with E-state index < -0.39 is 0 Å². The first-order valence-electron chi connectivity index (χ1n) is 10.3. The molecule has 2 N–H and O–H groups in total. The van der Waals surface area contributed by atoms with E-state index >= 15 is 0 Å². The number of rotatable bonds is 5. The highest BCUT2D eigenvalue weighted by Gasteiger charge is 2.12. The fourth-order valence-electron chi connectivity index (χ4n) is 4.03. The number of morpholine rings is 1. The van der Waals surface area contributed by atoms with Crippen molar-refractivity contribution in [3.63, 3.8) is 0 Å². The molecule has 0 bridgehead atoms. The molecule has 0 spiro atoms. The second kappa shape index (κ2) is 8.04. The largest absolute Gasteiger partial charge is 0.378 e. The van der Waals surface area contributed by atoms with Gasteiger partial charge < -0.3 is 24.5 Å². The monoisotopic (exact) mass is 420 g/mol. The summed E-state index contributed by atoms with van der Waals surface area (Å²) in [6.07, 6.45) is 1.61. The van der Waals surface area contributed by atoms with Crippen LogP contribution in [0, 0.1) is 4.77 Å². The van der Waals surface area contributed by atoms with Crippen molar-refractivity contribution in [2.24, 2.45) is 0 Å². The smallest absolute Gasteiger partial charge is 0.178 e. The molecule has 0 unspecified atom stereocenters. The van der Waals surface area contributed by atoms with Crippen LogP contribution in [0.25, 0.3) is 21.9 Å². The molecule has 8 heteroatoms. The van der Waals surface area contributed by atoms with E-state index in [0.717, 1.165) is 65.4 Å². The fraction of sp³-hybridized carbons (Fsp3) is 0.318. The number of H-pyrrole nitrogens is 1. The number of nitrogens with zero attached hydrogens (tertiary/aromatic N) is 4. The zero-order chi connectivity index (χ0) is 20.5. The van der Waals surface area contributed by atoms with E-state index in [1.165, 1.54) is 11.3 Å². The minimum Gasteiger partial charge on any atom is -0.378 e. The highest BCUT2D eigenvalue weighted by atomic mass is 32.1. The second-order valence-electron chi connectivity index (χ2n) is 7.41. The zero-order valence-electron chi connectivity index (χ0n) is 16.9. The highest BCUT2D eigenvalue weighted by molar-refractivity contribution is 7.71. The van der Waals surface area contributed by atoms with Gasteiger partial charge in [0.2, 0.25) is 0 Å². The Bertz CT molecular complexity index is 1260. The molecule has 3 heterocycles. The van der Waals surface area contributed by atoms with Crippen LogP contribution in [0.4, 0.5) is 11.5 Å². The second-order valence-corrected chi connectivity index (χ2v) is 7.79. The first kappa shape index (κ1) is 19.0. The third-order valence-electron chi connectivity index (χ3n) is 5.59. The van der Waals surface area contributed by atoms with Crippen LogP contribution in [0.5, 0.6) is 0 Å². The van der Waals surface area contributed by atoms with Gasteiger partial charge in [-0.15, -0.1) is 0 Å². The van der Waals surface area contributed by atoms with Crippen molar-refractivity contribution in [1.29, 1.82) is 0 Å². The molecule has 4 aromatic rings. The normalized spacial score (nSPS) is 14.5. The summed E-state index contributed by atoms with van der Waals surface area (Å²) < 4.78 is 8.27. The Labute approximate surface area is 179 Å². The molecule has 0 aliphatic carbocycles. The maximum absolute atomic E-state index is 5.47. The van der Waals surface area contributed by atoms with Crippen molar-refractivity contribution < 1.29 is 4.74 Å². The molecule has 2 aromatic heterocycles. The molecular formula is C22H24N6OS. The SMILES string of the molecule is CCn1c(=S)[nH]c2cc3c(NCc4cccc(N5CCOCC5)c4)ncnc3cc21. The van der Waals surface area contributed by atoms with E-state index in [0.29, 0.717) is 6.54 Å². The topological polar surface area (TPSA) is 71.0 Å². The van der Waals surface area contributed by atoms with Crippen LogP contribution < -0.4 is 10.2 Å². The number of aromatic amines is 1. The number of nitrogens with one attached hydrogen (secondary N) is 2. The molecule has 7 nitrogen and oxygen atoms in total. The highest BCUT2D eigenvalue weighted by Crippen LogP contribution is 2.26. The third kappa shape index (κ3) is 3.53. The summed E-state index contributed by atoms with van der Waals surface area (Å²) in [4.78, 5) is 14.6. The molecule has 2 aromatic carbocycles. The Morgan fingerprint density at radius 1 is 1.17 bits per heavy atom. The predicted octanol–water partition coefficient (Wildman–Crippen LogP) is 4.11. The van der Waals surface area contributed by atoms with Crippen LogP contribution >= 0.6 is 12.2 Å². The Hall–Kier alpha value is -2.97. The number of benzene rings is 2. The van der Waals surface area contributed by atoms with Gasteiger partial charge in [0.05, 0.1) is 29.8 Å². The number of anilines is 2. The van der Waals surface area contributed by atoms with Crippen LogP contribution in [-0.4, -0.2) is 45.8 Å². The fourth-order valence-corrected chi connectivity index (χ4v) is 4.37. The van der Waals surface area contributed by atoms with Gasteiger partial charge >= 0.3 is 0 Å². The number of imidazole rings is 1. The average molecular weight is 421 g/mol. The minimum absolute atomic E-state index is 0.689. The quantitative estimate of drug-likeness (QED) is 0.474. The van der Waals surface area contributed by atoms with E-state index in [2.05, 4.69) is 73.1 Å². The number of fused-ring (bicyclic) bond motifs is 2. The summed E-state index contributed by atoms with van der Waals surface area (Å²) in [5.41, 5.74) is 5.42. The summed E-state index contributed by atoms with van der Waals surface area (Å²) >= 11 is 5.45. The Morgan fingerprint density at radius 3 is 2.87 bits per heavy atom. The lowest BCUT2D eigenvalue weighted by molar-refractivity contribution is 0.122. The van der Waals surface area contributed by atoms with Gasteiger partial charge in [-0.05, 0) is 49.0 Å². The van der Waals surface area contributed by atoms with Crippen LogP contribution in [0.3, 0.4) is 0 Å². The minimum atomic E-state index is 0.689. The Morgan fingerprint density at radius 2 is 2.03 bits per heavy atom. The van der Waals surface area contributed by atoms with E-state index in [1.54, 1.807) is 6.33 Å². The van der Waals surface area contributed by atoms with Gasteiger partial charge in [0.1, 0.15) is 12.1 Å². The van der Waals surface area contributed by atoms with Crippen LogP contribution in [0.15, 0.2) is 42.7 Å². The molecule has 0 radical (unpaired) electrons. The van der Waals surface area contributed by atoms with Gasteiger partial charge in [0.15, 0.2) is 4.77 Å². The van der Waals surface area contributed by atoms with Crippen LogP contribution in [0.2, 0.25) is 0 Å². The van der Waals surface area contributed by atoms with Crippen molar-refractivity contribution in [2.75, 3.05) is 36.5 Å². The molecule has 5 rings (SSSR count). The number of hydrogen-bond donors (Lipinski definition) is 2. The van der Waals surface area contributed by atoms with Crippen molar-refractivity contribution in [3.8, 4) is 0 Å². The number of aryl methyl sites for hydroxylation is 1. The number of aromatic nitrogens is 4. The van der Waals surface area contributed by atoms with Gasteiger partial charge in [-0.2, -0.15) is 0 Å². The average Bonchev–Trinajstić information content (AvgIpc) is 3.10. The number of ether oxygens (including phenoxy) is 1. The lowest BCUT2D eigenvalue weighted by Crippen LogP contribution is -2.36. The van der Waals surface area contributed by atoms with Gasteiger partial charge in [-0.1, -0.05) is 12.1 Å². The molecule has 1 fully saturated rings. The number of hydrogen-bond acceptors (Lipinski definition) is 6. The molecule has 30 heavy (non-hydrogen) atoms. The standard InChI is InChI=1S/C22H24N6OS/c1-2-28-20-12-18-17(11-19(20)26-22(28)30)21(25-14-24-18)23-13-15-4-3-5-16(10-15)27-6-8-29-9-7-27/h3-5,10-12,14H,2,6-9,13H2,1H3,(H,26,30)(H,23,24,25). The van der Waals surface area contributed by atoms with Gasteiger partial charge in [0.25, 0.3) is 0 Å². The van der Waals surface area contributed by atoms with E-state index in [9.17, 15) is 0 Å². The van der Waals surface area contributed by atoms with E-state index in [1.807, 2.05) is 0 Å². The maximum Gasteiger partial charge on any atom is 0.178 e. The Balaban J connectivity index is 1.43. The van der Waals surface area contributed by atoms with Crippen molar-refractivity contribution in [1.82, 2.24) is 19.5 Å². The first-order chi connectivity index (χ1) is 14.7.